The molecule has 1 N–H and O–H groups in total. The number of rotatable bonds is 8. The molecule has 2 aromatic heterocycles. The summed E-state index contributed by atoms with van der Waals surface area (Å²) in [6, 6.07) is 4.10. The van der Waals surface area contributed by atoms with Gasteiger partial charge in [-0.3, -0.25) is 9.48 Å². The van der Waals surface area contributed by atoms with E-state index in [4.69, 9.17) is 0 Å². The Hall–Kier alpha value is -1.69. The van der Waals surface area contributed by atoms with Gasteiger partial charge in [-0.2, -0.15) is 5.10 Å². The van der Waals surface area contributed by atoms with Crippen molar-refractivity contribution in [3.05, 3.63) is 34.5 Å². The molecular weight excluding hydrogens is 296 g/mol. The molecule has 5 nitrogen and oxygen atoms in total. The van der Waals surface area contributed by atoms with E-state index in [0.29, 0.717) is 12.3 Å². The molecule has 0 radical (unpaired) electrons. The van der Waals surface area contributed by atoms with E-state index in [-0.39, 0.29) is 11.9 Å². The second-order valence-corrected chi connectivity index (χ2v) is 6.96. The fraction of sp³-hybridized carbons (Fsp3) is 0.562. The van der Waals surface area contributed by atoms with Gasteiger partial charge in [-0.25, -0.2) is 4.98 Å². The van der Waals surface area contributed by atoms with Crippen LogP contribution in [-0.2, 0) is 18.3 Å². The largest absolute Gasteiger partial charge is 0.346 e. The third-order valence-corrected chi connectivity index (χ3v) is 4.44. The first-order valence-electron chi connectivity index (χ1n) is 7.72. The van der Waals surface area contributed by atoms with Gasteiger partial charge in [0.05, 0.1) is 6.04 Å². The van der Waals surface area contributed by atoms with Crippen LogP contribution in [0.5, 0.6) is 0 Å². The molecule has 2 aromatic rings. The summed E-state index contributed by atoms with van der Waals surface area (Å²) in [6.45, 7) is 4.29. The summed E-state index contributed by atoms with van der Waals surface area (Å²) in [5.74, 6) is 1.39. The molecule has 0 aliphatic carbocycles. The Kier molecular flexibility index (Phi) is 6.12. The molecule has 6 heteroatoms. The molecule has 0 spiro atoms. The van der Waals surface area contributed by atoms with Crippen molar-refractivity contribution in [1.29, 1.82) is 0 Å². The van der Waals surface area contributed by atoms with E-state index in [0.717, 1.165) is 25.1 Å². The SMILES string of the molecule is CC(C)C[C@@H](NC(=O)CCCc1cccs1)c1ncnn1C. The number of aromatic nitrogens is 3. The van der Waals surface area contributed by atoms with Gasteiger partial charge in [0.15, 0.2) is 0 Å². The molecule has 0 saturated carbocycles. The lowest BCUT2D eigenvalue weighted by atomic mass is 10.0. The van der Waals surface area contributed by atoms with Crippen LogP contribution in [0, 0.1) is 5.92 Å². The molecule has 0 fully saturated rings. The lowest BCUT2D eigenvalue weighted by Gasteiger charge is -2.19. The molecule has 2 heterocycles. The molecular formula is C16H24N4OS. The fourth-order valence-electron chi connectivity index (χ4n) is 2.47. The van der Waals surface area contributed by atoms with Gasteiger partial charge in [-0.1, -0.05) is 19.9 Å². The average Bonchev–Trinajstić information content (AvgIpc) is 3.09. The van der Waals surface area contributed by atoms with Crippen LogP contribution in [0.25, 0.3) is 0 Å². The van der Waals surface area contributed by atoms with Gasteiger partial charge in [0.25, 0.3) is 0 Å². The number of thiophene rings is 1. The summed E-state index contributed by atoms with van der Waals surface area (Å²) >= 11 is 1.74. The van der Waals surface area contributed by atoms with Crippen molar-refractivity contribution in [2.24, 2.45) is 13.0 Å². The van der Waals surface area contributed by atoms with Crippen LogP contribution in [0.1, 0.15) is 49.9 Å². The Labute approximate surface area is 135 Å². The molecule has 0 aliphatic rings. The van der Waals surface area contributed by atoms with E-state index in [1.165, 1.54) is 11.2 Å². The summed E-state index contributed by atoms with van der Waals surface area (Å²) in [6.07, 6.45) is 4.78. The van der Waals surface area contributed by atoms with Crippen LogP contribution < -0.4 is 5.32 Å². The molecule has 2 rings (SSSR count). The smallest absolute Gasteiger partial charge is 0.220 e. The first-order valence-corrected chi connectivity index (χ1v) is 8.60. The maximum absolute atomic E-state index is 12.2. The van der Waals surface area contributed by atoms with Crippen molar-refractivity contribution >= 4 is 17.2 Å². The number of hydrogen-bond acceptors (Lipinski definition) is 4. The molecule has 0 bridgehead atoms. The van der Waals surface area contributed by atoms with E-state index in [1.54, 1.807) is 16.0 Å². The normalized spacial score (nSPS) is 12.5. The molecule has 120 valence electrons. The standard InChI is InChI=1S/C16H24N4OS/c1-12(2)10-14(16-17-11-18-20(16)3)19-15(21)8-4-6-13-7-5-9-22-13/h5,7,9,11-12,14H,4,6,8,10H2,1-3H3,(H,19,21)/t14-/m1/s1. The Balaban J connectivity index is 1.86. The molecule has 22 heavy (non-hydrogen) atoms. The van der Waals surface area contributed by atoms with Gasteiger partial charge in [0, 0.05) is 18.3 Å². The van der Waals surface area contributed by atoms with Gasteiger partial charge in [-0.15, -0.1) is 11.3 Å². The minimum Gasteiger partial charge on any atom is -0.346 e. The summed E-state index contributed by atoms with van der Waals surface area (Å²) < 4.78 is 1.74. The maximum Gasteiger partial charge on any atom is 0.220 e. The van der Waals surface area contributed by atoms with E-state index in [1.807, 2.05) is 13.1 Å². The summed E-state index contributed by atoms with van der Waals surface area (Å²) in [4.78, 5) is 17.8. The summed E-state index contributed by atoms with van der Waals surface area (Å²) in [7, 11) is 1.86. The quantitative estimate of drug-likeness (QED) is 0.813. The van der Waals surface area contributed by atoms with Crippen LogP contribution in [0.2, 0.25) is 0 Å². The highest BCUT2D eigenvalue weighted by molar-refractivity contribution is 7.09. The van der Waals surface area contributed by atoms with E-state index < -0.39 is 0 Å². The lowest BCUT2D eigenvalue weighted by Crippen LogP contribution is -2.31. The van der Waals surface area contributed by atoms with Crippen molar-refractivity contribution in [2.75, 3.05) is 0 Å². The molecule has 1 amide bonds. The monoisotopic (exact) mass is 320 g/mol. The number of aryl methyl sites for hydroxylation is 2. The Morgan fingerprint density at radius 3 is 2.86 bits per heavy atom. The number of amides is 1. The van der Waals surface area contributed by atoms with Crippen molar-refractivity contribution in [3.8, 4) is 0 Å². The third kappa shape index (κ3) is 4.94. The third-order valence-electron chi connectivity index (χ3n) is 3.51. The predicted octanol–water partition coefficient (Wildman–Crippen LogP) is 3.10. The van der Waals surface area contributed by atoms with Crippen LogP contribution in [0.3, 0.4) is 0 Å². The van der Waals surface area contributed by atoms with Crippen molar-refractivity contribution in [3.63, 3.8) is 0 Å². The first-order chi connectivity index (χ1) is 10.6. The second-order valence-electron chi connectivity index (χ2n) is 5.92. The molecule has 1 atom stereocenters. The van der Waals surface area contributed by atoms with Crippen LogP contribution >= 0.6 is 11.3 Å². The van der Waals surface area contributed by atoms with Crippen molar-refractivity contribution in [1.82, 2.24) is 20.1 Å². The average molecular weight is 320 g/mol. The molecule has 0 saturated heterocycles. The molecule has 0 aliphatic heterocycles. The lowest BCUT2D eigenvalue weighted by molar-refractivity contribution is -0.122. The highest BCUT2D eigenvalue weighted by Crippen LogP contribution is 2.19. The number of hydrogen-bond donors (Lipinski definition) is 1. The van der Waals surface area contributed by atoms with Crippen molar-refractivity contribution in [2.45, 2.75) is 45.6 Å². The fourth-order valence-corrected chi connectivity index (χ4v) is 3.22. The summed E-state index contributed by atoms with van der Waals surface area (Å²) in [5.41, 5.74) is 0. The van der Waals surface area contributed by atoms with E-state index >= 15 is 0 Å². The Morgan fingerprint density at radius 2 is 2.27 bits per heavy atom. The van der Waals surface area contributed by atoms with Gasteiger partial charge in [-0.05, 0) is 36.6 Å². The predicted molar refractivity (Wildman–Crippen MR) is 88.6 cm³/mol. The zero-order valence-electron chi connectivity index (χ0n) is 13.5. The van der Waals surface area contributed by atoms with Crippen molar-refractivity contribution < 1.29 is 4.79 Å². The van der Waals surface area contributed by atoms with Gasteiger partial charge in [0.2, 0.25) is 5.91 Å². The minimum atomic E-state index is -0.0678. The van der Waals surface area contributed by atoms with Crippen LogP contribution in [0.4, 0.5) is 0 Å². The topological polar surface area (TPSA) is 59.8 Å². The number of carbonyl (C=O) groups is 1. The molecule has 0 aromatic carbocycles. The minimum absolute atomic E-state index is 0.0678. The summed E-state index contributed by atoms with van der Waals surface area (Å²) in [5, 5.41) is 9.29. The number of nitrogens with one attached hydrogen (secondary N) is 1. The van der Waals surface area contributed by atoms with E-state index in [2.05, 4.69) is 40.7 Å². The van der Waals surface area contributed by atoms with Crippen LogP contribution in [-0.4, -0.2) is 20.7 Å². The number of carbonyl (C=O) groups excluding carboxylic acids is 1. The van der Waals surface area contributed by atoms with Gasteiger partial charge in [0.1, 0.15) is 12.2 Å². The first kappa shape index (κ1) is 16.7. The van der Waals surface area contributed by atoms with Crippen LogP contribution in [0.15, 0.2) is 23.8 Å². The second kappa shape index (κ2) is 8.08. The zero-order chi connectivity index (χ0) is 15.9. The maximum atomic E-state index is 12.2. The highest BCUT2D eigenvalue weighted by atomic mass is 32.1. The zero-order valence-corrected chi connectivity index (χ0v) is 14.3. The van der Waals surface area contributed by atoms with Gasteiger partial charge >= 0.3 is 0 Å². The Morgan fingerprint density at radius 1 is 1.45 bits per heavy atom. The Bertz CT molecular complexity index is 577. The number of nitrogens with zero attached hydrogens (tertiary/aromatic N) is 3. The van der Waals surface area contributed by atoms with E-state index in [9.17, 15) is 4.79 Å². The van der Waals surface area contributed by atoms with Gasteiger partial charge < -0.3 is 5.32 Å². The highest BCUT2D eigenvalue weighted by Gasteiger charge is 2.20. The molecule has 0 unspecified atom stereocenters.